The topological polar surface area (TPSA) is 40.5 Å². The summed E-state index contributed by atoms with van der Waals surface area (Å²) >= 11 is 0. The van der Waals surface area contributed by atoms with E-state index in [-0.39, 0.29) is 23.9 Å². The van der Waals surface area contributed by atoms with Gasteiger partial charge in [-0.1, -0.05) is 25.1 Å². The lowest BCUT2D eigenvalue weighted by Crippen LogP contribution is -2.48. The Morgan fingerprint density at radius 1 is 1.33 bits per heavy atom. The molecule has 1 heterocycles. The van der Waals surface area contributed by atoms with Gasteiger partial charge in [0.2, 0.25) is 5.91 Å². The van der Waals surface area contributed by atoms with E-state index in [1.54, 1.807) is 31.7 Å². The molecular weight excluding hydrogens is 319 g/mol. The molecule has 0 saturated carbocycles. The van der Waals surface area contributed by atoms with Gasteiger partial charge in [-0.3, -0.25) is 4.79 Å². The van der Waals surface area contributed by atoms with Crippen LogP contribution in [0, 0.1) is 0 Å². The van der Waals surface area contributed by atoms with Crippen LogP contribution in [0.5, 0.6) is 0 Å². The summed E-state index contributed by atoms with van der Waals surface area (Å²) in [5.74, 6) is -0.748. The lowest BCUT2D eigenvalue weighted by molar-refractivity contribution is -0.140. The molecular formula is C18H24F3NO2. The zero-order chi connectivity index (χ0) is 18.1. The minimum Gasteiger partial charge on any atom is -0.388 e. The van der Waals surface area contributed by atoms with E-state index < -0.39 is 23.3 Å². The van der Waals surface area contributed by atoms with Gasteiger partial charge in [-0.2, -0.15) is 13.2 Å². The van der Waals surface area contributed by atoms with Crippen LogP contribution in [0.1, 0.15) is 57.1 Å². The second-order valence-electron chi connectivity index (χ2n) is 7.09. The molecule has 1 N–H and O–H groups in total. The zero-order valence-electron chi connectivity index (χ0n) is 14.2. The standard InChI is InChI=1S/C18H24F3NO2/c1-12(13-7-4-5-8-14(13)18(19,20)21)11-16(23)22-10-6-9-15(22)17(2,3)24/h4-5,7-8,12,15,24H,6,9-11H2,1-3H3. The summed E-state index contributed by atoms with van der Waals surface area (Å²) in [5, 5.41) is 10.2. The van der Waals surface area contributed by atoms with E-state index in [2.05, 4.69) is 0 Å². The number of nitrogens with zero attached hydrogens (tertiary/aromatic N) is 1. The molecule has 0 aromatic heterocycles. The molecule has 24 heavy (non-hydrogen) atoms. The van der Waals surface area contributed by atoms with Crippen LogP contribution in [0.3, 0.4) is 0 Å². The summed E-state index contributed by atoms with van der Waals surface area (Å²) in [4.78, 5) is 14.2. The molecule has 0 bridgehead atoms. The molecule has 1 fully saturated rings. The lowest BCUT2D eigenvalue weighted by atomic mass is 9.91. The zero-order valence-corrected chi connectivity index (χ0v) is 14.2. The molecule has 0 spiro atoms. The molecule has 2 unspecified atom stereocenters. The van der Waals surface area contributed by atoms with Gasteiger partial charge in [0.25, 0.3) is 0 Å². The van der Waals surface area contributed by atoms with Gasteiger partial charge >= 0.3 is 6.18 Å². The Kier molecular flexibility index (Phi) is 5.28. The summed E-state index contributed by atoms with van der Waals surface area (Å²) in [6, 6.07) is 5.10. The van der Waals surface area contributed by atoms with Gasteiger partial charge in [0.15, 0.2) is 0 Å². The summed E-state index contributed by atoms with van der Waals surface area (Å²) < 4.78 is 39.4. The highest BCUT2D eigenvalue weighted by Gasteiger charge is 2.39. The molecule has 1 amide bonds. The average Bonchev–Trinajstić information content (AvgIpc) is 2.96. The molecule has 2 rings (SSSR count). The normalized spacial score (nSPS) is 20.3. The minimum atomic E-state index is -4.43. The van der Waals surface area contributed by atoms with Crippen molar-refractivity contribution in [2.24, 2.45) is 0 Å². The largest absolute Gasteiger partial charge is 0.416 e. The van der Waals surface area contributed by atoms with Crippen molar-refractivity contribution in [3.63, 3.8) is 0 Å². The molecule has 0 radical (unpaired) electrons. The number of halogens is 3. The van der Waals surface area contributed by atoms with E-state index in [0.717, 1.165) is 12.5 Å². The Bertz CT molecular complexity index is 593. The van der Waals surface area contributed by atoms with E-state index >= 15 is 0 Å². The third-order valence-corrected chi connectivity index (χ3v) is 4.67. The van der Waals surface area contributed by atoms with Crippen molar-refractivity contribution in [1.29, 1.82) is 0 Å². The SMILES string of the molecule is CC(CC(=O)N1CCCC1C(C)(C)O)c1ccccc1C(F)(F)F. The second kappa shape index (κ2) is 6.75. The summed E-state index contributed by atoms with van der Waals surface area (Å²) in [7, 11) is 0. The maximum atomic E-state index is 13.1. The third kappa shape index (κ3) is 4.09. The van der Waals surface area contributed by atoms with E-state index in [1.807, 2.05) is 0 Å². The van der Waals surface area contributed by atoms with E-state index in [1.165, 1.54) is 12.1 Å². The smallest absolute Gasteiger partial charge is 0.388 e. The summed E-state index contributed by atoms with van der Waals surface area (Å²) in [5.41, 5.74) is -1.57. The maximum absolute atomic E-state index is 13.1. The molecule has 134 valence electrons. The Hall–Kier alpha value is -1.56. The number of hydrogen-bond donors (Lipinski definition) is 1. The van der Waals surface area contributed by atoms with Crippen LogP contribution in [0.25, 0.3) is 0 Å². The fourth-order valence-corrected chi connectivity index (χ4v) is 3.47. The fourth-order valence-electron chi connectivity index (χ4n) is 3.47. The van der Waals surface area contributed by atoms with Crippen LogP contribution in [-0.2, 0) is 11.0 Å². The van der Waals surface area contributed by atoms with Crippen molar-refractivity contribution in [1.82, 2.24) is 4.90 Å². The van der Waals surface area contributed by atoms with Crippen LogP contribution in [0.2, 0.25) is 0 Å². The Balaban J connectivity index is 2.16. The van der Waals surface area contributed by atoms with E-state index in [4.69, 9.17) is 0 Å². The lowest BCUT2D eigenvalue weighted by Gasteiger charge is -2.34. The molecule has 1 aliphatic rings. The van der Waals surface area contributed by atoms with Crippen molar-refractivity contribution in [2.75, 3.05) is 6.54 Å². The van der Waals surface area contributed by atoms with Gasteiger partial charge in [-0.05, 0) is 44.2 Å². The predicted molar refractivity (Wildman–Crippen MR) is 85.5 cm³/mol. The number of carbonyl (C=O) groups is 1. The summed E-state index contributed by atoms with van der Waals surface area (Å²) in [6.07, 6.45) is -2.92. The van der Waals surface area contributed by atoms with E-state index in [9.17, 15) is 23.1 Å². The highest BCUT2D eigenvalue weighted by molar-refractivity contribution is 5.78. The van der Waals surface area contributed by atoms with Gasteiger partial charge in [0.1, 0.15) is 0 Å². The van der Waals surface area contributed by atoms with Crippen molar-refractivity contribution in [3.05, 3.63) is 35.4 Å². The highest BCUT2D eigenvalue weighted by atomic mass is 19.4. The van der Waals surface area contributed by atoms with Crippen molar-refractivity contribution < 1.29 is 23.1 Å². The number of carbonyl (C=O) groups excluding carboxylic acids is 1. The molecule has 2 atom stereocenters. The summed E-state index contributed by atoms with van der Waals surface area (Å²) in [6.45, 7) is 5.50. The third-order valence-electron chi connectivity index (χ3n) is 4.67. The quantitative estimate of drug-likeness (QED) is 0.899. The molecule has 1 saturated heterocycles. The first-order valence-corrected chi connectivity index (χ1v) is 8.19. The van der Waals surface area contributed by atoms with Gasteiger partial charge in [-0.15, -0.1) is 0 Å². The average molecular weight is 343 g/mol. The first kappa shape index (κ1) is 18.8. The number of benzene rings is 1. The van der Waals surface area contributed by atoms with Gasteiger partial charge in [-0.25, -0.2) is 0 Å². The van der Waals surface area contributed by atoms with Crippen LogP contribution in [0.4, 0.5) is 13.2 Å². The molecule has 1 aromatic rings. The molecule has 6 heteroatoms. The minimum absolute atomic E-state index is 0.000324. The van der Waals surface area contributed by atoms with Gasteiger partial charge < -0.3 is 10.0 Å². The Labute approximate surface area is 140 Å². The van der Waals surface area contributed by atoms with Crippen molar-refractivity contribution in [2.45, 2.75) is 63.8 Å². The maximum Gasteiger partial charge on any atom is 0.416 e. The van der Waals surface area contributed by atoms with E-state index in [0.29, 0.717) is 13.0 Å². The first-order chi connectivity index (χ1) is 11.0. The van der Waals surface area contributed by atoms with Crippen LogP contribution in [0.15, 0.2) is 24.3 Å². The first-order valence-electron chi connectivity index (χ1n) is 8.19. The van der Waals surface area contributed by atoms with Crippen LogP contribution >= 0.6 is 0 Å². The predicted octanol–water partition coefficient (Wildman–Crippen LogP) is 3.96. The van der Waals surface area contributed by atoms with Crippen molar-refractivity contribution >= 4 is 5.91 Å². The number of aliphatic hydroxyl groups is 1. The molecule has 1 aliphatic heterocycles. The highest BCUT2D eigenvalue weighted by Crippen LogP contribution is 2.37. The number of likely N-dealkylation sites (tertiary alicyclic amines) is 1. The van der Waals surface area contributed by atoms with Crippen LogP contribution < -0.4 is 0 Å². The number of amides is 1. The molecule has 1 aromatic carbocycles. The Morgan fingerprint density at radius 3 is 2.54 bits per heavy atom. The number of rotatable bonds is 4. The van der Waals surface area contributed by atoms with Gasteiger partial charge in [0, 0.05) is 13.0 Å². The number of hydrogen-bond acceptors (Lipinski definition) is 2. The molecule has 3 nitrogen and oxygen atoms in total. The monoisotopic (exact) mass is 343 g/mol. The number of alkyl halides is 3. The fraction of sp³-hybridized carbons (Fsp3) is 0.611. The Morgan fingerprint density at radius 2 is 1.96 bits per heavy atom. The van der Waals surface area contributed by atoms with Crippen LogP contribution in [-0.4, -0.2) is 34.1 Å². The second-order valence-corrected chi connectivity index (χ2v) is 7.09. The molecule has 0 aliphatic carbocycles. The van der Waals surface area contributed by atoms with Crippen molar-refractivity contribution in [3.8, 4) is 0 Å². The van der Waals surface area contributed by atoms with Gasteiger partial charge in [0.05, 0.1) is 17.2 Å².